The minimum Gasteiger partial charge on any atom is -0.448 e. The number of unbranched alkanes of at least 4 members (excludes halogenated alkanes) is 1. The maximum absolute atomic E-state index is 12.3. The number of carbonyl (C=O) groups excluding carboxylic acids is 2. The summed E-state index contributed by atoms with van der Waals surface area (Å²) in [6.07, 6.45) is 1.06. The number of amidine groups is 1. The van der Waals surface area contributed by atoms with Crippen LogP contribution in [0.25, 0.3) is 0 Å². The number of hydrogen-bond donors (Lipinski definition) is 2. The Hall–Kier alpha value is -3.79. The topological polar surface area (TPSA) is 97.0 Å². The number of amides is 2. The minimum atomic E-state index is -0.678. The van der Waals surface area contributed by atoms with Crippen LogP contribution in [-0.2, 0) is 4.74 Å². The Bertz CT molecular complexity index is 1080. The Morgan fingerprint density at radius 3 is 2.45 bits per heavy atom. The van der Waals surface area contributed by atoms with E-state index in [-0.39, 0.29) is 11.7 Å². The van der Waals surface area contributed by atoms with Crippen molar-refractivity contribution in [2.45, 2.75) is 33.6 Å². The van der Waals surface area contributed by atoms with Crippen LogP contribution in [0.2, 0.25) is 0 Å². The highest BCUT2D eigenvalue weighted by Crippen LogP contribution is 2.17. The molecule has 0 saturated heterocycles. The summed E-state index contributed by atoms with van der Waals surface area (Å²) >= 11 is 0. The van der Waals surface area contributed by atoms with Gasteiger partial charge in [-0.3, -0.25) is 4.79 Å². The van der Waals surface area contributed by atoms with Crippen molar-refractivity contribution in [3.63, 3.8) is 0 Å². The molecule has 2 aromatic rings. The van der Waals surface area contributed by atoms with Gasteiger partial charge >= 0.3 is 6.09 Å². The second kappa shape index (κ2) is 12.3. The average Bonchev–Trinajstić information content (AvgIpc) is 2.78. The number of hydrogen-bond acceptors (Lipinski definition) is 4. The number of carbonyl (C=O) groups is 2. The summed E-state index contributed by atoms with van der Waals surface area (Å²) in [5, 5.41) is 3.23. The van der Waals surface area contributed by atoms with Crippen molar-refractivity contribution in [1.82, 2.24) is 4.90 Å². The molecule has 2 rings (SSSR count). The molecule has 0 atom stereocenters. The van der Waals surface area contributed by atoms with Crippen LogP contribution in [0.15, 0.2) is 41.4 Å². The number of nitrogens with zero attached hydrogens (tertiary/aromatic N) is 2. The number of nitrogens with two attached hydrogens (primary N) is 1. The van der Waals surface area contributed by atoms with Crippen LogP contribution >= 0.6 is 0 Å². The van der Waals surface area contributed by atoms with Crippen LogP contribution in [0.3, 0.4) is 0 Å². The number of ether oxygens (including phenoxy) is 1. The normalized spacial score (nSPS) is 10.8. The Kier molecular flexibility index (Phi) is 9.49. The van der Waals surface area contributed by atoms with E-state index in [9.17, 15) is 9.59 Å². The van der Waals surface area contributed by atoms with E-state index in [1.165, 1.54) is 0 Å². The second-order valence-corrected chi connectivity index (χ2v) is 7.88. The summed E-state index contributed by atoms with van der Waals surface area (Å²) < 4.78 is 4.99. The molecular weight excluding hydrogens is 416 g/mol. The van der Waals surface area contributed by atoms with Gasteiger partial charge in [0.25, 0.3) is 5.91 Å². The largest absolute Gasteiger partial charge is 0.448 e. The molecule has 0 fully saturated rings. The molecule has 0 aliphatic rings. The van der Waals surface area contributed by atoms with Gasteiger partial charge in [-0.1, -0.05) is 25.2 Å². The van der Waals surface area contributed by atoms with Gasteiger partial charge in [-0.05, 0) is 67.8 Å². The summed E-state index contributed by atoms with van der Waals surface area (Å²) in [6.45, 7) is 6.67. The predicted molar refractivity (Wildman–Crippen MR) is 133 cm³/mol. The molecule has 0 heterocycles. The van der Waals surface area contributed by atoms with Crippen LogP contribution in [0.1, 0.15) is 52.4 Å². The van der Waals surface area contributed by atoms with E-state index in [1.54, 1.807) is 31.1 Å². The molecule has 0 aliphatic heterocycles. The van der Waals surface area contributed by atoms with Crippen molar-refractivity contribution < 1.29 is 14.3 Å². The molecule has 174 valence electrons. The summed E-state index contributed by atoms with van der Waals surface area (Å²) in [6, 6.07) is 11.1. The number of aryl methyl sites for hydroxylation is 2. The first-order chi connectivity index (χ1) is 15.7. The van der Waals surface area contributed by atoms with Crippen molar-refractivity contribution in [3.8, 4) is 11.8 Å². The molecule has 7 heteroatoms. The zero-order valence-electron chi connectivity index (χ0n) is 20.0. The van der Waals surface area contributed by atoms with Gasteiger partial charge < -0.3 is 20.7 Å². The molecule has 0 saturated carbocycles. The lowest BCUT2D eigenvalue weighted by Gasteiger charge is -2.13. The lowest BCUT2D eigenvalue weighted by molar-refractivity contribution is 0.0826. The lowest BCUT2D eigenvalue weighted by Crippen LogP contribution is -2.22. The van der Waals surface area contributed by atoms with Gasteiger partial charge in [0.15, 0.2) is 0 Å². The zero-order valence-corrected chi connectivity index (χ0v) is 20.0. The van der Waals surface area contributed by atoms with Gasteiger partial charge in [-0.15, -0.1) is 0 Å². The summed E-state index contributed by atoms with van der Waals surface area (Å²) in [7, 11) is 3.49. The van der Waals surface area contributed by atoms with E-state index < -0.39 is 6.09 Å². The standard InChI is InChI=1S/C26H32N4O3/c1-6-7-15-33-26(32)29-24(27)20-10-12-22(13-11-20)28-14-8-9-21-16-19(3)23(17-18(21)2)25(31)30(4)5/h10-13,16-17,28H,6-7,14-15H2,1-5H3,(H2,27,29,32). The lowest BCUT2D eigenvalue weighted by atomic mass is 9.99. The third kappa shape index (κ3) is 7.69. The van der Waals surface area contributed by atoms with Crippen LogP contribution < -0.4 is 11.1 Å². The number of anilines is 1. The number of benzene rings is 2. The first kappa shape index (κ1) is 25.5. The maximum atomic E-state index is 12.3. The van der Waals surface area contributed by atoms with Gasteiger partial charge in [0.05, 0.1) is 13.2 Å². The van der Waals surface area contributed by atoms with Gasteiger partial charge in [-0.2, -0.15) is 4.99 Å². The third-order valence-electron chi connectivity index (χ3n) is 4.93. The molecule has 0 radical (unpaired) electrons. The average molecular weight is 449 g/mol. The smallest absolute Gasteiger partial charge is 0.435 e. The number of aliphatic imine (C=N–C) groups is 1. The minimum absolute atomic E-state index is 0.0145. The number of rotatable bonds is 7. The Morgan fingerprint density at radius 1 is 1.12 bits per heavy atom. The van der Waals surface area contributed by atoms with Gasteiger partial charge in [-0.25, -0.2) is 4.79 Å². The van der Waals surface area contributed by atoms with Crippen molar-refractivity contribution in [2.24, 2.45) is 10.7 Å². The molecular formula is C26H32N4O3. The van der Waals surface area contributed by atoms with Crippen molar-refractivity contribution in [1.29, 1.82) is 0 Å². The Morgan fingerprint density at radius 2 is 1.82 bits per heavy atom. The zero-order chi connectivity index (χ0) is 24.4. The monoisotopic (exact) mass is 448 g/mol. The van der Waals surface area contributed by atoms with E-state index >= 15 is 0 Å². The highest BCUT2D eigenvalue weighted by Gasteiger charge is 2.12. The molecule has 2 amide bonds. The fraction of sp³-hybridized carbons (Fsp3) is 0.346. The molecule has 7 nitrogen and oxygen atoms in total. The fourth-order valence-electron chi connectivity index (χ4n) is 2.97. The highest BCUT2D eigenvalue weighted by molar-refractivity contribution is 6.02. The Labute approximate surface area is 196 Å². The van der Waals surface area contributed by atoms with Crippen molar-refractivity contribution in [3.05, 3.63) is 64.2 Å². The summed E-state index contributed by atoms with van der Waals surface area (Å²) in [5.74, 6) is 6.38. The van der Waals surface area contributed by atoms with Crippen LogP contribution in [0, 0.1) is 25.7 Å². The molecule has 33 heavy (non-hydrogen) atoms. The molecule has 0 aromatic heterocycles. The molecule has 0 aliphatic carbocycles. The summed E-state index contributed by atoms with van der Waals surface area (Å²) in [4.78, 5) is 29.2. The van der Waals surface area contributed by atoms with E-state index in [1.807, 2.05) is 45.0 Å². The first-order valence-electron chi connectivity index (χ1n) is 10.9. The maximum Gasteiger partial charge on any atom is 0.435 e. The van der Waals surface area contributed by atoms with Crippen molar-refractivity contribution in [2.75, 3.05) is 32.6 Å². The van der Waals surface area contributed by atoms with Crippen LogP contribution in [0.5, 0.6) is 0 Å². The van der Waals surface area contributed by atoms with Crippen molar-refractivity contribution >= 4 is 23.5 Å². The van der Waals surface area contributed by atoms with Gasteiger partial charge in [0, 0.05) is 36.5 Å². The molecule has 0 spiro atoms. The van der Waals surface area contributed by atoms with E-state index in [0.717, 1.165) is 35.2 Å². The van der Waals surface area contributed by atoms with Crippen LogP contribution in [-0.4, -0.2) is 50.0 Å². The third-order valence-corrected chi connectivity index (χ3v) is 4.93. The van der Waals surface area contributed by atoms with Gasteiger partial charge in [0.2, 0.25) is 0 Å². The first-order valence-corrected chi connectivity index (χ1v) is 10.9. The fourth-order valence-corrected chi connectivity index (χ4v) is 2.97. The van der Waals surface area contributed by atoms with E-state index in [4.69, 9.17) is 10.5 Å². The molecule has 2 aromatic carbocycles. The van der Waals surface area contributed by atoms with Gasteiger partial charge in [0.1, 0.15) is 5.84 Å². The van der Waals surface area contributed by atoms with E-state index in [2.05, 4.69) is 22.2 Å². The molecule has 0 bridgehead atoms. The highest BCUT2D eigenvalue weighted by atomic mass is 16.5. The SMILES string of the molecule is CCCCOC(=O)N=C(N)c1ccc(NCC#Cc2cc(C)c(C(=O)N(C)C)cc2C)cc1. The predicted octanol–water partition coefficient (Wildman–Crippen LogP) is 4.11. The molecule has 3 N–H and O–H groups in total. The molecule has 0 unspecified atom stereocenters. The van der Waals surface area contributed by atoms with Crippen LogP contribution in [0.4, 0.5) is 10.5 Å². The quantitative estimate of drug-likeness (QED) is 0.288. The number of nitrogens with one attached hydrogen (secondary N) is 1. The second-order valence-electron chi connectivity index (χ2n) is 7.88. The van der Waals surface area contributed by atoms with E-state index in [0.29, 0.717) is 24.3 Å². The Balaban J connectivity index is 1.96. The summed E-state index contributed by atoms with van der Waals surface area (Å²) in [5.41, 5.74) is 10.9.